The number of halogens is 1. The summed E-state index contributed by atoms with van der Waals surface area (Å²) in [5.41, 5.74) is 3.09. The average molecular weight is 425 g/mol. The topological polar surface area (TPSA) is 92.3 Å². The summed E-state index contributed by atoms with van der Waals surface area (Å²) < 4.78 is 26.8. The first-order valence-electron chi connectivity index (χ1n) is 7.31. The molecule has 2 amide bonds. The van der Waals surface area contributed by atoms with Crippen LogP contribution in [0.3, 0.4) is 0 Å². The molecule has 2 N–H and O–H groups in total. The van der Waals surface area contributed by atoms with Gasteiger partial charge in [0.2, 0.25) is 0 Å². The molecule has 0 saturated heterocycles. The molecule has 0 radical (unpaired) electrons. The summed E-state index contributed by atoms with van der Waals surface area (Å²) in [5, 5.41) is 2.47. The predicted octanol–water partition coefficient (Wildman–Crippen LogP) is 2.82. The summed E-state index contributed by atoms with van der Waals surface area (Å²) in [5.74, 6) is -2.29. The number of benzene rings is 2. The van der Waals surface area contributed by atoms with Crippen molar-refractivity contribution in [2.24, 2.45) is 0 Å². The van der Waals surface area contributed by atoms with Crippen molar-refractivity contribution in [2.45, 2.75) is 25.7 Å². The number of hydrogen-bond donors (Lipinski definition) is 2. The van der Waals surface area contributed by atoms with E-state index in [-0.39, 0.29) is 4.90 Å². The van der Waals surface area contributed by atoms with Gasteiger partial charge in [-0.3, -0.25) is 9.59 Å². The van der Waals surface area contributed by atoms with Crippen LogP contribution in [0.2, 0.25) is 0 Å². The number of carbonyl (C=O) groups is 2. The van der Waals surface area contributed by atoms with Crippen LogP contribution in [0.25, 0.3) is 0 Å². The third-order valence-corrected chi connectivity index (χ3v) is 5.35. The minimum atomic E-state index is -4.12. The van der Waals surface area contributed by atoms with Gasteiger partial charge in [0.25, 0.3) is 10.0 Å². The van der Waals surface area contributed by atoms with Gasteiger partial charge in [-0.1, -0.05) is 33.6 Å². The van der Waals surface area contributed by atoms with Crippen molar-refractivity contribution in [2.75, 3.05) is 5.32 Å². The molecule has 0 fully saturated rings. The molecule has 0 atom stereocenters. The maximum Gasteiger partial charge on any atom is 0.323 e. The minimum Gasteiger partial charge on any atom is -0.317 e. The number of anilines is 1. The lowest BCUT2D eigenvalue weighted by Crippen LogP contribution is -2.39. The van der Waals surface area contributed by atoms with Crippen LogP contribution in [-0.2, 0) is 19.6 Å². The quantitative estimate of drug-likeness (QED) is 0.740. The highest BCUT2D eigenvalue weighted by Gasteiger charge is 2.23. The van der Waals surface area contributed by atoms with E-state index in [9.17, 15) is 18.0 Å². The van der Waals surface area contributed by atoms with Gasteiger partial charge in [-0.15, -0.1) is 0 Å². The van der Waals surface area contributed by atoms with E-state index in [0.29, 0.717) is 10.2 Å². The van der Waals surface area contributed by atoms with Crippen LogP contribution in [0.15, 0.2) is 45.8 Å². The van der Waals surface area contributed by atoms with E-state index in [1.54, 1.807) is 18.6 Å². The van der Waals surface area contributed by atoms with Crippen molar-refractivity contribution in [3.05, 3.63) is 57.6 Å². The second-order valence-electron chi connectivity index (χ2n) is 5.62. The summed E-state index contributed by atoms with van der Waals surface area (Å²) in [7, 11) is -4.12. The van der Waals surface area contributed by atoms with Crippen LogP contribution < -0.4 is 10.0 Å². The molecule has 0 aliphatic heterocycles. The van der Waals surface area contributed by atoms with Crippen molar-refractivity contribution in [3.63, 3.8) is 0 Å². The molecule has 2 aromatic rings. The minimum absolute atomic E-state index is 0.112. The number of carbonyl (C=O) groups excluding carboxylic acids is 2. The molecule has 0 aliphatic carbocycles. The zero-order valence-electron chi connectivity index (χ0n) is 13.9. The van der Waals surface area contributed by atoms with E-state index in [1.165, 1.54) is 24.3 Å². The Balaban J connectivity index is 2.16. The molecule has 0 aromatic heterocycles. The molecule has 6 nitrogen and oxygen atoms in total. The third kappa shape index (κ3) is 4.67. The summed E-state index contributed by atoms with van der Waals surface area (Å²) >= 11 is 3.20. The normalized spacial score (nSPS) is 11.0. The molecular weight excluding hydrogens is 408 g/mol. The Morgan fingerprint density at radius 1 is 0.920 bits per heavy atom. The fourth-order valence-corrected chi connectivity index (χ4v) is 3.60. The van der Waals surface area contributed by atoms with E-state index in [1.807, 2.05) is 19.1 Å². The SMILES string of the molecule is Cc1cc(C)c(NC(=O)C(=O)NS(=O)(=O)c2ccc(Br)cc2)c(C)c1. The van der Waals surface area contributed by atoms with Gasteiger partial charge >= 0.3 is 11.8 Å². The summed E-state index contributed by atoms with van der Waals surface area (Å²) in [6.07, 6.45) is 0. The smallest absolute Gasteiger partial charge is 0.317 e. The largest absolute Gasteiger partial charge is 0.323 e. The molecule has 0 saturated carbocycles. The molecule has 8 heteroatoms. The van der Waals surface area contributed by atoms with Crippen LogP contribution in [0, 0.1) is 20.8 Å². The average Bonchev–Trinajstić information content (AvgIpc) is 2.50. The predicted molar refractivity (Wildman–Crippen MR) is 98.8 cm³/mol. The van der Waals surface area contributed by atoms with Crippen molar-refractivity contribution >= 4 is 43.5 Å². The summed E-state index contributed by atoms with van der Waals surface area (Å²) in [4.78, 5) is 23.9. The Morgan fingerprint density at radius 2 is 1.44 bits per heavy atom. The van der Waals surface area contributed by atoms with Gasteiger partial charge in [0.05, 0.1) is 4.90 Å². The molecular formula is C17H17BrN2O4S. The van der Waals surface area contributed by atoms with Crippen molar-refractivity contribution in [1.29, 1.82) is 0 Å². The molecule has 0 spiro atoms. The van der Waals surface area contributed by atoms with E-state index < -0.39 is 21.8 Å². The van der Waals surface area contributed by atoms with Gasteiger partial charge < -0.3 is 5.32 Å². The molecule has 2 aromatic carbocycles. The van der Waals surface area contributed by atoms with Crippen molar-refractivity contribution in [3.8, 4) is 0 Å². The van der Waals surface area contributed by atoms with E-state index in [2.05, 4.69) is 21.2 Å². The Bertz CT molecular complexity index is 915. The highest BCUT2D eigenvalue weighted by atomic mass is 79.9. The van der Waals surface area contributed by atoms with Gasteiger partial charge in [-0.05, 0) is 56.2 Å². The molecule has 2 rings (SSSR count). The number of hydrogen-bond acceptors (Lipinski definition) is 4. The maximum absolute atomic E-state index is 12.2. The molecule has 0 aliphatic rings. The molecule has 25 heavy (non-hydrogen) atoms. The number of nitrogens with one attached hydrogen (secondary N) is 2. The van der Waals surface area contributed by atoms with E-state index in [4.69, 9.17) is 0 Å². The lowest BCUT2D eigenvalue weighted by atomic mass is 10.1. The lowest BCUT2D eigenvalue weighted by molar-refractivity contribution is -0.135. The molecule has 132 valence electrons. The van der Waals surface area contributed by atoms with Crippen molar-refractivity contribution in [1.82, 2.24) is 4.72 Å². The zero-order valence-corrected chi connectivity index (χ0v) is 16.3. The maximum atomic E-state index is 12.2. The van der Waals surface area contributed by atoms with E-state index in [0.717, 1.165) is 16.7 Å². The zero-order chi connectivity index (χ0) is 18.8. The second kappa shape index (κ2) is 7.37. The van der Waals surface area contributed by atoms with Gasteiger partial charge in [0.1, 0.15) is 0 Å². The van der Waals surface area contributed by atoms with Crippen LogP contribution in [0.1, 0.15) is 16.7 Å². The first-order chi connectivity index (χ1) is 11.6. The van der Waals surface area contributed by atoms with Crippen LogP contribution >= 0.6 is 15.9 Å². The van der Waals surface area contributed by atoms with Crippen LogP contribution in [0.5, 0.6) is 0 Å². The molecule has 0 unspecified atom stereocenters. The Morgan fingerprint density at radius 3 is 1.96 bits per heavy atom. The number of amides is 2. The molecule has 0 heterocycles. The van der Waals surface area contributed by atoms with Gasteiger partial charge in [-0.25, -0.2) is 13.1 Å². The number of aryl methyl sites for hydroxylation is 3. The fraction of sp³-hybridized carbons (Fsp3) is 0.176. The van der Waals surface area contributed by atoms with Gasteiger partial charge in [0.15, 0.2) is 0 Å². The number of sulfonamides is 1. The third-order valence-electron chi connectivity index (χ3n) is 3.47. The lowest BCUT2D eigenvalue weighted by Gasteiger charge is -2.13. The Kier molecular flexibility index (Phi) is 5.64. The first kappa shape index (κ1) is 19.1. The molecule has 0 bridgehead atoms. The second-order valence-corrected chi connectivity index (χ2v) is 8.21. The standard InChI is InChI=1S/C17H17BrN2O4S/c1-10-8-11(2)15(12(3)9-10)19-16(21)17(22)20-25(23,24)14-6-4-13(18)5-7-14/h4-9H,1-3H3,(H,19,21)(H,20,22). The summed E-state index contributed by atoms with van der Waals surface area (Å²) in [6.45, 7) is 5.52. The number of rotatable bonds is 3. The highest BCUT2D eigenvalue weighted by molar-refractivity contribution is 9.10. The Hall–Kier alpha value is -2.19. The van der Waals surface area contributed by atoms with Crippen LogP contribution in [-0.4, -0.2) is 20.2 Å². The van der Waals surface area contributed by atoms with Crippen LogP contribution in [0.4, 0.5) is 5.69 Å². The van der Waals surface area contributed by atoms with E-state index >= 15 is 0 Å². The van der Waals surface area contributed by atoms with Crippen molar-refractivity contribution < 1.29 is 18.0 Å². The fourth-order valence-electron chi connectivity index (χ4n) is 2.39. The summed E-state index contributed by atoms with van der Waals surface area (Å²) in [6, 6.07) is 9.42. The first-order valence-corrected chi connectivity index (χ1v) is 9.59. The Labute approximate surface area is 154 Å². The highest BCUT2D eigenvalue weighted by Crippen LogP contribution is 2.22. The van der Waals surface area contributed by atoms with Gasteiger partial charge in [0, 0.05) is 10.2 Å². The monoisotopic (exact) mass is 424 g/mol. The van der Waals surface area contributed by atoms with Gasteiger partial charge in [-0.2, -0.15) is 0 Å².